The summed E-state index contributed by atoms with van der Waals surface area (Å²) >= 11 is 10.3. The number of hydrogen-bond acceptors (Lipinski definition) is 4. The van der Waals surface area contributed by atoms with E-state index in [0.29, 0.717) is 16.9 Å². The molecular weight excluding hydrogens is 611 g/mol. The SMILES string of the molecule is O=C(N/N=C\c1cc(Br)ccc1OCc1ccc(F)cc1)c1cc2cc(Br)cc(Br)c2o1. The summed E-state index contributed by atoms with van der Waals surface area (Å²) in [6.07, 6.45) is 1.48. The highest BCUT2D eigenvalue weighted by Gasteiger charge is 2.14. The van der Waals surface area contributed by atoms with Crippen molar-refractivity contribution >= 4 is 70.9 Å². The minimum absolute atomic E-state index is 0.137. The van der Waals surface area contributed by atoms with Crippen molar-refractivity contribution in [3.8, 4) is 5.75 Å². The van der Waals surface area contributed by atoms with Crippen LogP contribution in [0, 0.1) is 5.82 Å². The van der Waals surface area contributed by atoms with Crippen molar-refractivity contribution in [2.24, 2.45) is 5.10 Å². The lowest BCUT2D eigenvalue weighted by Crippen LogP contribution is -2.16. The Labute approximate surface area is 208 Å². The van der Waals surface area contributed by atoms with E-state index in [1.165, 1.54) is 18.3 Å². The van der Waals surface area contributed by atoms with Gasteiger partial charge in [0, 0.05) is 19.9 Å². The van der Waals surface area contributed by atoms with Crippen LogP contribution in [0.15, 0.2) is 83.6 Å². The molecule has 0 fully saturated rings. The molecule has 3 aromatic carbocycles. The van der Waals surface area contributed by atoms with Crippen molar-refractivity contribution in [1.82, 2.24) is 5.43 Å². The monoisotopic (exact) mass is 622 g/mol. The van der Waals surface area contributed by atoms with Gasteiger partial charge in [-0.2, -0.15) is 5.10 Å². The Hall–Kier alpha value is -2.49. The molecule has 4 rings (SSSR count). The number of nitrogens with zero attached hydrogens (tertiary/aromatic N) is 1. The van der Waals surface area contributed by atoms with E-state index in [1.54, 1.807) is 24.3 Å². The maximum atomic E-state index is 13.1. The Morgan fingerprint density at radius 2 is 1.81 bits per heavy atom. The maximum absolute atomic E-state index is 13.1. The van der Waals surface area contributed by atoms with Gasteiger partial charge < -0.3 is 9.15 Å². The molecule has 0 unspecified atom stereocenters. The van der Waals surface area contributed by atoms with Gasteiger partial charge in [-0.05, 0) is 70.0 Å². The van der Waals surface area contributed by atoms with Crippen LogP contribution in [0.5, 0.6) is 5.75 Å². The lowest BCUT2D eigenvalue weighted by Gasteiger charge is -2.09. The zero-order chi connectivity index (χ0) is 22.7. The number of fused-ring (bicyclic) bond motifs is 1. The van der Waals surface area contributed by atoms with Gasteiger partial charge in [0.05, 0.1) is 10.7 Å². The molecule has 32 heavy (non-hydrogen) atoms. The second-order valence-electron chi connectivity index (χ2n) is 6.71. The molecule has 4 aromatic rings. The molecule has 0 aliphatic carbocycles. The average Bonchev–Trinajstić information content (AvgIpc) is 3.19. The number of benzene rings is 3. The van der Waals surface area contributed by atoms with Gasteiger partial charge in [-0.25, -0.2) is 9.82 Å². The standard InChI is InChI=1S/C23H14Br3FN2O3/c24-16-3-6-20(31-12-13-1-4-18(27)5-2-13)15(8-16)11-28-29-23(30)21-9-14-7-17(25)10-19(26)22(14)32-21/h1-11H,12H2,(H,29,30)/b28-11-. The molecule has 0 bridgehead atoms. The number of rotatable bonds is 6. The summed E-state index contributed by atoms with van der Waals surface area (Å²) in [6, 6.07) is 16.9. The Kier molecular flexibility index (Phi) is 7.07. The van der Waals surface area contributed by atoms with Crippen LogP contribution in [0.3, 0.4) is 0 Å². The Balaban J connectivity index is 1.47. The first-order chi connectivity index (χ1) is 15.4. The molecule has 0 atom stereocenters. The number of nitrogens with one attached hydrogen (secondary N) is 1. The Bertz CT molecular complexity index is 1320. The minimum atomic E-state index is -0.482. The van der Waals surface area contributed by atoms with E-state index in [2.05, 4.69) is 58.3 Å². The number of amides is 1. The third kappa shape index (κ3) is 5.46. The quantitative estimate of drug-likeness (QED) is 0.182. The number of hydrazone groups is 1. The van der Waals surface area contributed by atoms with Crippen molar-refractivity contribution in [2.45, 2.75) is 6.61 Å². The molecule has 0 aliphatic heterocycles. The summed E-state index contributed by atoms with van der Waals surface area (Å²) in [4.78, 5) is 12.5. The van der Waals surface area contributed by atoms with Gasteiger partial charge in [-0.3, -0.25) is 4.79 Å². The number of hydrogen-bond donors (Lipinski definition) is 1. The molecule has 0 saturated heterocycles. The zero-order valence-electron chi connectivity index (χ0n) is 16.2. The van der Waals surface area contributed by atoms with Gasteiger partial charge >= 0.3 is 5.91 Å². The molecule has 1 heterocycles. The van der Waals surface area contributed by atoms with E-state index < -0.39 is 5.91 Å². The van der Waals surface area contributed by atoms with Crippen molar-refractivity contribution < 1.29 is 18.3 Å². The number of carbonyl (C=O) groups is 1. The first-order valence-electron chi connectivity index (χ1n) is 9.28. The van der Waals surface area contributed by atoms with Crippen LogP contribution in [0.25, 0.3) is 11.0 Å². The summed E-state index contributed by atoms with van der Waals surface area (Å²) < 4.78 is 27.0. The second kappa shape index (κ2) is 9.97. The normalized spacial score (nSPS) is 11.2. The van der Waals surface area contributed by atoms with Crippen molar-refractivity contribution in [1.29, 1.82) is 0 Å². The van der Waals surface area contributed by atoms with Crippen molar-refractivity contribution in [3.63, 3.8) is 0 Å². The predicted octanol–water partition coefficient (Wildman–Crippen LogP) is 7.20. The summed E-state index contributed by atoms with van der Waals surface area (Å²) in [5.74, 6) is -0.0827. The van der Waals surface area contributed by atoms with Crippen molar-refractivity contribution in [3.05, 3.63) is 96.8 Å². The topological polar surface area (TPSA) is 63.8 Å². The van der Waals surface area contributed by atoms with Gasteiger partial charge in [0.25, 0.3) is 0 Å². The molecule has 1 N–H and O–H groups in total. The van der Waals surface area contributed by atoms with Crippen LogP contribution in [0.1, 0.15) is 21.7 Å². The summed E-state index contributed by atoms with van der Waals surface area (Å²) in [5.41, 5.74) is 4.52. The van der Waals surface area contributed by atoms with Crippen LogP contribution in [0.4, 0.5) is 4.39 Å². The Morgan fingerprint density at radius 3 is 2.59 bits per heavy atom. The molecule has 5 nitrogen and oxygen atoms in total. The fourth-order valence-electron chi connectivity index (χ4n) is 2.90. The lowest BCUT2D eigenvalue weighted by molar-refractivity contribution is 0.0929. The summed E-state index contributed by atoms with van der Waals surface area (Å²) in [7, 11) is 0. The molecular formula is C23H14Br3FN2O3. The molecule has 9 heteroatoms. The smallest absolute Gasteiger partial charge is 0.307 e. The third-order valence-corrected chi connectivity index (χ3v) is 5.95. The Morgan fingerprint density at radius 1 is 1.03 bits per heavy atom. The molecule has 1 amide bonds. The first-order valence-corrected chi connectivity index (χ1v) is 11.7. The van der Waals surface area contributed by atoms with E-state index >= 15 is 0 Å². The molecule has 0 aliphatic rings. The van der Waals surface area contributed by atoms with E-state index in [0.717, 1.165) is 24.4 Å². The first kappa shape index (κ1) is 22.7. The van der Waals surface area contributed by atoms with E-state index in [4.69, 9.17) is 9.15 Å². The third-order valence-electron chi connectivity index (χ3n) is 4.41. The molecule has 0 spiro atoms. The van der Waals surface area contributed by atoms with Crippen LogP contribution >= 0.6 is 47.8 Å². The number of halogens is 4. The lowest BCUT2D eigenvalue weighted by atomic mass is 10.2. The largest absolute Gasteiger partial charge is 0.488 e. The van der Waals surface area contributed by atoms with Gasteiger partial charge in [0.15, 0.2) is 5.76 Å². The van der Waals surface area contributed by atoms with E-state index in [-0.39, 0.29) is 18.2 Å². The van der Waals surface area contributed by atoms with Gasteiger partial charge in [-0.1, -0.05) is 44.0 Å². The maximum Gasteiger partial charge on any atom is 0.307 e. The van der Waals surface area contributed by atoms with Crippen LogP contribution in [-0.2, 0) is 6.61 Å². The number of furan rings is 1. The fraction of sp³-hybridized carbons (Fsp3) is 0.0435. The molecule has 1 aromatic heterocycles. The highest BCUT2D eigenvalue weighted by Crippen LogP contribution is 2.31. The summed E-state index contributed by atoms with van der Waals surface area (Å²) in [5, 5.41) is 4.82. The molecule has 0 radical (unpaired) electrons. The minimum Gasteiger partial charge on any atom is -0.488 e. The number of carbonyl (C=O) groups excluding carboxylic acids is 1. The van der Waals surface area contributed by atoms with Gasteiger partial charge in [0.2, 0.25) is 0 Å². The van der Waals surface area contributed by atoms with Crippen LogP contribution in [-0.4, -0.2) is 12.1 Å². The van der Waals surface area contributed by atoms with Gasteiger partial charge in [0.1, 0.15) is 23.8 Å². The van der Waals surface area contributed by atoms with E-state index in [9.17, 15) is 9.18 Å². The van der Waals surface area contributed by atoms with Crippen molar-refractivity contribution in [2.75, 3.05) is 0 Å². The fourth-order valence-corrected chi connectivity index (χ4v) is 4.61. The zero-order valence-corrected chi connectivity index (χ0v) is 21.0. The van der Waals surface area contributed by atoms with E-state index in [1.807, 2.05) is 24.3 Å². The average molecular weight is 625 g/mol. The van der Waals surface area contributed by atoms with Gasteiger partial charge in [-0.15, -0.1) is 0 Å². The predicted molar refractivity (Wildman–Crippen MR) is 132 cm³/mol. The molecule has 0 saturated carbocycles. The number of ether oxygens (including phenoxy) is 1. The molecule has 162 valence electrons. The summed E-state index contributed by atoms with van der Waals surface area (Å²) in [6.45, 7) is 0.262. The van der Waals surface area contributed by atoms with Crippen LogP contribution < -0.4 is 10.2 Å². The van der Waals surface area contributed by atoms with Crippen LogP contribution in [0.2, 0.25) is 0 Å². The highest BCUT2D eigenvalue weighted by atomic mass is 79.9. The second-order valence-corrected chi connectivity index (χ2v) is 9.40. The highest BCUT2D eigenvalue weighted by molar-refractivity contribution is 9.11.